The smallest absolute Gasteiger partial charge is 0.324 e. The lowest BCUT2D eigenvalue weighted by molar-refractivity contribution is -0.116. The molecule has 3 rings (SSSR count). The van der Waals surface area contributed by atoms with Crippen molar-refractivity contribution in [2.24, 2.45) is 5.14 Å². The molecule has 1 amide bonds. The average molecular weight is 402 g/mol. The third-order valence-corrected chi connectivity index (χ3v) is 5.57. The lowest BCUT2D eigenvalue weighted by Crippen LogP contribution is -2.29. The summed E-state index contributed by atoms with van der Waals surface area (Å²) in [5, 5.41) is 7.91. The Kier molecular flexibility index (Phi) is 5.39. The number of hydrogen-bond acceptors (Lipinski definition) is 4. The third kappa shape index (κ3) is 3.71. The van der Waals surface area contributed by atoms with E-state index < -0.39 is 15.9 Å². The first-order valence-electron chi connectivity index (χ1n) is 8.89. The summed E-state index contributed by atoms with van der Waals surface area (Å²) in [6, 6.07) is 11.8. The first kappa shape index (κ1) is 19.8. The van der Waals surface area contributed by atoms with Gasteiger partial charge in [-0.05, 0) is 43.2 Å². The Morgan fingerprint density at radius 2 is 1.71 bits per heavy atom. The Hall–Kier alpha value is -2.91. The number of sulfonamides is 1. The van der Waals surface area contributed by atoms with Gasteiger partial charge in [-0.25, -0.2) is 18.4 Å². The number of aryl methyl sites for hydroxylation is 2. The van der Waals surface area contributed by atoms with Crippen molar-refractivity contribution in [3.63, 3.8) is 0 Å². The quantitative estimate of drug-likeness (QED) is 0.652. The summed E-state index contributed by atoms with van der Waals surface area (Å²) in [5.41, 5.74) is 2.02. The van der Waals surface area contributed by atoms with E-state index in [4.69, 9.17) is 5.14 Å². The number of nitrogens with one attached hydrogen (secondary N) is 1. The van der Waals surface area contributed by atoms with Crippen LogP contribution in [0.5, 0.6) is 0 Å². The van der Waals surface area contributed by atoms with Gasteiger partial charge in [0.2, 0.25) is 15.9 Å². The van der Waals surface area contributed by atoms with Crippen molar-refractivity contribution in [2.75, 3.05) is 5.32 Å². The maximum absolute atomic E-state index is 12.6. The summed E-state index contributed by atoms with van der Waals surface area (Å²) in [6.07, 6.45) is 0.492. The van der Waals surface area contributed by atoms with Crippen LogP contribution in [-0.2, 0) is 34.3 Å². The number of carbonyl (C=O) groups is 1. The highest BCUT2D eigenvalue weighted by Gasteiger charge is 2.17. The summed E-state index contributed by atoms with van der Waals surface area (Å²) >= 11 is 0. The number of aromatic nitrogens is 2. The van der Waals surface area contributed by atoms with E-state index >= 15 is 0 Å². The second kappa shape index (κ2) is 7.61. The van der Waals surface area contributed by atoms with Crippen molar-refractivity contribution in [3.8, 4) is 0 Å². The van der Waals surface area contributed by atoms with Crippen LogP contribution in [0.3, 0.4) is 0 Å². The van der Waals surface area contributed by atoms with Crippen molar-refractivity contribution >= 4 is 32.7 Å². The zero-order valence-electron chi connectivity index (χ0n) is 15.7. The number of hydrogen-bond donors (Lipinski definition) is 2. The molecule has 0 aliphatic heterocycles. The van der Waals surface area contributed by atoms with E-state index in [-0.39, 0.29) is 17.1 Å². The molecule has 8 nitrogen and oxygen atoms in total. The Morgan fingerprint density at radius 3 is 2.29 bits per heavy atom. The number of rotatable bonds is 6. The zero-order valence-corrected chi connectivity index (χ0v) is 16.5. The highest BCUT2D eigenvalue weighted by atomic mass is 32.2. The standard InChI is InChI=1S/C19H22N4O4S/c1-3-13-9-10-14(11-17(13)28(20,26)27)21-18(24)12-23-16-8-6-5-7-15(16)22(4-2)19(23)25/h5-11H,3-4,12H2,1-2H3,(H,21,24)(H2,20,26,27). The van der Waals surface area contributed by atoms with Crippen LogP contribution in [0.25, 0.3) is 11.0 Å². The zero-order chi connectivity index (χ0) is 20.5. The average Bonchev–Trinajstić information content (AvgIpc) is 2.92. The molecule has 9 heteroatoms. The van der Waals surface area contributed by atoms with E-state index in [1.165, 1.54) is 10.6 Å². The molecule has 0 radical (unpaired) electrons. The highest BCUT2D eigenvalue weighted by Crippen LogP contribution is 2.20. The molecule has 0 unspecified atom stereocenters. The van der Waals surface area contributed by atoms with Crippen LogP contribution in [0.1, 0.15) is 19.4 Å². The van der Waals surface area contributed by atoms with E-state index in [9.17, 15) is 18.0 Å². The second-order valence-electron chi connectivity index (χ2n) is 6.37. The van der Waals surface area contributed by atoms with E-state index in [2.05, 4.69) is 5.32 Å². The predicted molar refractivity (Wildman–Crippen MR) is 108 cm³/mol. The summed E-state index contributed by atoms with van der Waals surface area (Å²) < 4.78 is 26.6. The number of primary sulfonamides is 1. The largest absolute Gasteiger partial charge is 0.329 e. The second-order valence-corrected chi connectivity index (χ2v) is 7.90. The molecule has 0 atom stereocenters. The van der Waals surface area contributed by atoms with Crippen molar-refractivity contribution in [2.45, 2.75) is 38.3 Å². The van der Waals surface area contributed by atoms with Gasteiger partial charge in [-0.3, -0.25) is 13.9 Å². The minimum absolute atomic E-state index is 0.0208. The molecule has 1 heterocycles. The fraction of sp³-hybridized carbons (Fsp3) is 0.263. The molecule has 3 aromatic rings. The molecular weight excluding hydrogens is 380 g/mol. The summed E-state index contributed by atoms with van der Waals surface area (Å²) in [6.45, 7) is 3.98. The normalized spacial score (nSPS) is 11.7. The fourth-order valence-corrected chi connectivity index (χ4v) is 4.13. The van der Waals surface area contributed by atoms with Gasteiger partial charge in [0.15, 0.2) is 0 Å². The Bertz CT molecular complexity index is 1210. The van der Waals surface area contributed by atoms with Gasteiger partial charge >= 0.3 is 5.69 Å². The number of para-hydroxylation sites is 2. The van der Waals surface area contributed by atoms with Crippen LogP contribution >= 0.6 is 0 Å². The van der Waals surface area contributed by atoms with Crippen molar-refractivity contribution < 1.29 is 13.2 Å². The number of fused-ring (bicyclic) bond motifs is 1. The minimum atomic E-state index is -3.91. The molecule has 0 spiro atoms. The van der Waals surface area contributed by atoms with Crippen molar-refractivity contribution in [1.29, 1.82) is 0 Å². The number of nitrogens with two attached hydrogens (primary N) is 1. The Labute approximate surface area is 162 Å². The first-order valence-corrected chi connectivity index (χ1v) is 10.4. The van der Waals surface area contributed by atoms with E-state index in [0.29, 0.717) is 29.7 Å². The minimum Gasteiger partial charge on any atom is -0.324 e. The van der Waals surface area contributed by atoms with E-state index in [1.807, 2.05) is 26.0 Å². The van der Waals surface area contributed by atoms with Crippen LogP contribution in [0, 0.1) is 0 Å². The lowest BCUT2D eigenvalue weighted by Gasteiger charge is -2.10. The van der Waals surface area contributed by atoms with Gasteiger partial charge < -0.3 is 5.32 Å². The van der Waals surface area contributed by atoms with Gasteiger partial charge in [-0.1, -0.05) is 25.1 Å². The van der Waals surface area contributed by atoms with Crippen LogP contribution in [0.4, 0.5) is 5.69 Å². The van der Waals surface area contributed by atoms with Crippen LogP contribution in [-0.4, -0.2) is 23.5 Å². The van der Waals surface area contributed by atoms with Gasteiger partial charge in [0.1, 0.15) is 6.54 Å². The van der Waals surface area contributed by atoms with Crippen LogP contribution in [0.2, 0.25) is 0 Å². The van der Waals surface area contributed by atoms with Crippen LogP contribution in [0.15, 0.2) is 52.2 Å². The number of imidazole rings is 1. The number of carbonyl (C=O) groups excluding carboxylic acids is 1. The van der Waals surface area contributed by atoms with Gasteiger partial charge in [0, 0.05) is 12.2 Å². The van der Waals surface area contributed by atoms with Crippen molar-refractivity contribution in [3.05, 3.63) is 58.5 Å². The van der Waals surface area contributed by atoms with Gasteiger partial charge in [-0.15, -0.1) is 0 Å². The van der Waals surface area contributed by atoms with E-state index in [0.717, 1.165) is 5.52 Å². The molecule has 0 saturated carbocycles. The number of nitrogens with zero attached hydrogens (tertiary/aromatic N) is 2. The number of anilines is 1. The molecule has 28 heavy (non-hydrogen) atoms. The third-order valence-electron chi connectivity index (χ3n) is 4.58. The molecule has 2 aromatic carbocycles. The fourth-order valence-electron chi connectivity index (χ4n) is 3.26. The van der Waals surface area contributed by atoms with Gasteiger partial charge in [0.25, 0.3) is 0 Å². The first-order chi connectivity index (χ1) is 13.3. The summed E-state index contributed by atoms with van der Waals surface area (Å²) in [4.78, 5) is 25.1. The highest BCUT2D eigenvalue weighted by molar-refractivity contribution is 7.89. The number of amides is 1. The molecular formula is C19H22N4O4S. The Morgan fingerprint density at radius 1 is 1.07 bits per heavy atom. The maximum Gasteiger partial charge on any atom is 0.329 e. The molecule has 0 saturated heterocycles. The molecule has 0 fully saturated rings. The predicted octanol–water partition coefficient (Wildman–Crippen LogP) is 1.67. The molecule has 1 aromatic heterocycles. The molecule has 0 aliphatic rings. The molecule has 0 aliphatic carbocycles. The molecule has 3 N–H and O–H groups in total. The monoisotopic (exact) mass is 402 g/mol. The Balaban J connectivity index is 1.91. The topological polar surface area (TPSA) is 116 Å². The van der Waals surface area contributed by atoms with Gasteiger partial charge in [0.05, 0.1) is 15.9 Å². The van der Waals surface area contributed by atoms with Crippen LogP contribution < -0.4 is 16.1 Å². The van der Waals surface area contributed by atoms with Gasteiger partial charge in [-0.2, -0.15) is 0 Å². The SMILES string of the molecule is CCc1ccc(NC(=O)Cn2c(=O)n(CC)c3ccccc32)cc1S(N)(=O)=O. The van der Waals surface area contributed by atoms with Crippen molar-refractivity contribution in [1.82, 2.24) is 9.13 Å². The lowest BCUT2D eigenvalue weighted by atomic mass is 10.1. The molecule has 148 valence electrons. The molecule has 0 bridgehead atoms. The van der Waals surface area contributed by atoms with E-state index in [1.54, 1.807) is 28.8 Å². The summed E-state index contributed by atoms with van der Waals surface area (Å²) in [5.74, 6) is -0.439. The summed E-state index contributed by atoms with van der Waals surface area (Å²) in [7, 11) is -3.91. The number of benzene rings is 2. The maximum atomic E-state index is 12.6.